The first-order valence-corrected chi connectivity index (χ1v) is 14.0. The molecule has 3 rings (SSSR count). The Bertz CT molecular complexity index is 1470. The Morgan fingerprint density at radius 3 is 2.07 bits per heavy atom. The van der Waals surface area contributed by atoms with Crippen molar-refractivity contribution in [2.75, 3.05) is 10.8 Å². The lowest BCUT2D eigenvalue weighted by atomic mass is 10.1. The number of carbonyl (C=O) groups is 2. The van der Waals surface area contributed by atoms with Crippen molar-refractivity contribution >= 4 is 27.5 Å². The zero-order valence-corrected chi connectivity index (χ0v) is 23.8. The molecule has 0 saturated heterocycles. The number of amides is 2. The first kappa shape index (κ1) is 31.6. The van der Waals surface area contributed by atoms with Crippen LogP contribution in [0, 0.1) is 5.82 Å². The van der Waals surface area contributed by atoms with Crippen molar-refractivity contribution in [1.82, 2.24) is 10.2 Å². The Hall–Kier alpha value is -3.93. The first-order chi connectivity index (χ1) is 19.0. The molecule has 0 fully saturated rings. The summed E-state index contributed by atoms with van der Waals surface area (Å²) >= 11 is 0. The van der Waals surface area contributed by atoms with E-state index in [4.69, 9.17) is 0 Å². The average molecular weight is 594 g/mol. The largest absolute Gasteiger partial charge is 0.416 e. The molecule has 1 atom stereocenters. The van der Waals surface area contributed by atoms with E-state index < -0.39 is 57.5 Å². The fraction of sp³-hybridized carbons (Fsp3) is 0.310. The van der Waals surface area contributed by atoms with Crippen molar-refractivity contribution in [2.24, 2.45) is 0 Å². The number of sulfonamides is 1. The maximum absolute atomic E-state index is 13.8. The molecule has 41 heavy (non-hydrogen) atoms. The second kappa shape index (κ2) is 12.3. The molecular weight excluding hydrogens is 562 g/mol. The molecule has 0 aliphatic heterocycles. The number of hydrogen-bond acceptors (Lipinski definition) is 4. The summed E-state index contributed by atoms with van der Waals surface area (Å²) in [6.45, 7) is 5.57. The van der Waals surface area contributed by atoms with E-state index in [2.05, 4.69) is 5.32 Å². The van der Waals surface area contributed by atoms with Gasteiger partial charge < -0.3 is 10.2 Å². The summed E-state index contributed by atoms with van der Waals surface area (Å²) in [5, 5.41) is 2.76. The van der Waals surface area contributed by atoms with Gasteiger partial charge in [-0.15, -0.1) is 0 Å². The quantitative estimate of drug-likeness (QED) is 0.338. The molecular formula is C29H31F4N3O4S. The second-order valence-corrected chi connectivity index (χ2v) is 12.3. The fourth-order valence-electron chi connectivity index (χ4n) is 3.93. The molecule has 220 valence electrons. The molecule has 3 aromatic rings. The molecule has 0 heterocycles. The van der Waals surface area contributed by atoms with Gasteiger partial charge in [0.1, 0.15) is 18.4 Å². The standard InChI is InChI=1S/C29H31F4N3O4S/c1-20(27(38)34-28(2,3)4)35(18-21-13-15-23(30)16-14-21)26(37)19-36(41(39,40)25-11-6-5-7-12-25)24-10-8-9-22(17-24)29(31,32)33/h5-17,20H,18-19H2,1-4H3,(H,34,38)/t20-/m0/s1. The van der Waals surface area contributed by atoms with Crippen LogP contribution in [0.2, 0.25) is 0 Å². The van der Waals surface area contributed by atoms with Crippen molar-refractivity contribution in [3.8, 4) is 0 Å². The van der Waals surface area contributed by atoms with Crippen molar-refractivity contribution in [2.45, 2.75) is 56.9 Å². The fourth-order valence-corrected chi connectivity index (χ4v) is 5.36. The zero-order valence-electron chi connectivity index (χ0n) is 22.9. The molecule has 12 heteroatoms. The van der Waals surface area contributed by atoms with Gasteiger partial charge in [-0.2, -0.15) is 13.2 Å². The maximum Gasteiger partial charge on any atom is 0.416 e. The highest BCUT2D eigenvalue weighted by Gasteiger charge is 2.35. The summed E-state index contributed by atoms with van der Waals surface area (Å²) < 4.78 is 82.1. The van der Waals surface area contributed by atoms with E-state index >= 15 is 0 Å². The van der Waals surface area contributed by atoms with Crippen LogP contribution in [0.1, 0.15) is 38.8 Å². The van der Waals surface area contributed by atoms with E-state index in [1.54, 1.807) is 26.8 Å². The van der Waals surface area contributed by atoms with E-state index in [9.17, 15) is 35.6 Å². The first-order valence-electron chi connectivity index (χ1n) is 12.6. The molecule has 0 radical (unpaired) electrons. The number of hydrogen-bond donors (Lipinski definition) is 1. The minimum absolute atomic E-state index is 0.195. The van der Waals surface area contributed by atoms with Gasteiger partial charge in [0.05, 0.1) is 16.1 Å². The Morgan fingerprint density at radius 1 is 0.902 bits per heavy atom. The van der Waals surface area contributed by atoms with E-state index in [-0.39, 0.29) is 17.1 Å². The molecule has 7 nitrogen and oxygen atoms in total. The Morgan fingerprint density at radius 2 is 1.51 bits per heavy atom. The van der Waals surface area contributed by atoms with Gasteiger partial charge in [-0.1, -0.05) is 36.4 Å². The van der Waals surface area contributed by atoms with Crippen molar-refractivity contribution in [3.05, 3.63) is 95.8 Å². The predicted octanol–water partition coefficient (Wildman–Crippen LogP) is 5.37. The van der Waals surface area contributed by atoms with Crippen LogP contribution in [-0.4, -0.2) is 43.3 Å². The Balaban J connectivity index is 2.08. The average Bonchev–Trinajstić information content (AvgIpc) is 2.90. The topological polar surface area (TPSA) is 86.8 Å². The maximum atomic E-state index is 13.8. The van der Waals surface area contributed by atoms with E-state index in [1.807, 2.05) is 0 Å². The minimum atomic E-state index is -4.77. The van der Waals surface area contributed by atoms with Gasteiger partial charge >= 0.3 is 6.18 Å². The number of halogens is 4. The summed E-state index contributed by atoms with van der Waals surface area (Å²) in [5.41, 5.74) is -1.69. The summed E-state index contributed by atoms with van der Waals surface area (Å²) in [4.78, 5) is 27.7. The smallest absolute Gasteiger partial charge is 0.350 e. The molecule has 3 aromatic carbocycles. The van der Waals surface area contributed by atoms with Crippen LogP contribution in [0.25, 0.3) is 0 Å². The molecule has 0 aromatic heterocycles. The van der Waals surface area contributed by atoms with Crippen LogP contribution < -0.4 is 9.62 Å². The summed E-state index contributed by atoms with van der Waals surface area (Å²) in [6.07, 6.45) is -4.77. The van der Waals surface area contributed by atoms with Gasteiger partial charge in [0.15, 0.2) is 0 Å². The number of nitrogens with one attached hydrogen (secondary N) is 1. The van der Waals surface area contributed by atoms with Gasteiger partial charge in [-0.25, -0.2) is 12.8 Å². The van der Waals surface area contributed by atoms with Crippen LogP contribution in [0.3, 0.4) is 0 Å². The second-order valence-electron chi connectivity index (χ2n) is 10.4. The highest BCUT2D eigenvalue weighted by molar-refractivity contribution is 7.92. The van der Waals surface area contributed by atoms with Crippen molar-refractivity contribution in [3.63, 3.8) is 0 Å². The van der Waals surface area contributed by atoms with Gasteiger partial charge in [0.2, 0.25) is 11.8 Å². The highest BCUT2D eigenvalue weighted by Crippen LogP contribution is 2.33. The van der Waals surface area contributed by atoms with Crippen LogP contribution in [0.4, 0.5) is 23.2 Å². The molecule has 2 amide bonds. The molecule has 0 bridgehead atoms. The number of rotatable bonds is 9. The Labute approximate surface area is 236 Å². The monoisotopic (exact) mass is 593 g/mol. The van der Waals surface area contributed by atoms with Crippen LogP contribution in [0.5, 0.6) is 0 Å². The van der Waals surface area contributed by atoms with Crippen molar-refractivity contribution < 1.29 is 35.6 Å². The lowest BCUT2D eigenvalue weighted by Crippen LogP contribution is -2.54. The lowest BCUT2D eigenvalue weighted by molar-refractivity contribution is -0.140. The van der Waals surface area contributed by atoms with E-state index in [1.165, 1.54) is 55.5 Å². The van der Waals surface area contributed by atoms with Crippen molar-refractivity contribution in [1.29, 1.82) is 0 Å². The van der Waals surface area contributed by atoms with Gasteiger partial charge in [-0.05, 0) is 75.7 Å². The predicted molar refractivity (Wildman–Crippen MR) is 147 cm³/mol. The summed E-state index contributed by atoms with van der Waals surface area (Å²) in [7, 11) is -4.53. The Kier molecular flexibility index (Phi) is 9.47. The summed E-state index contributed by atoms with van der Waals surface area (Å²) in [5.74, 6) is -1.91. The third-order valence-electron chi connectivity index (χ3n) is 6.00. The molecule has 0 saturated carbocycles. The molecule has 0 unspecified atom stereocenters. The summed E-state index contributed by atoms with van der Waals surface area (Å²) in [6, 6.07) is 14.7. The number of carbonyl (C=O) groups excluding carboxylic acids is 2. The van der Waals surface area contributed by atoms with Gasteiger partial charge in [-0.3, -0.25) is 13.9 Å². The van der Waals surface area contributed by atoms with Crippen LogP contribution in [0.15, 0.2) is 83.8 Å². The zero-order chi connectivity index (χ0) is 30.6. The molecule has 0 aliphatic rings. The third kappa shape index (κ3) is 8.29. The van der Waals surface area contributed by atoms with E-state index in [0.717, 1.165) is 23.1 Å². The minimum Gasteiger partial charge on any atom is -0.350 e. The number of anilines is 1. The molecule has 1 N–H and O–H groups in total. The van der Waals surface area contributed by atoms with Gasteiger partial charge in [0, 0.05) is 12.1 Å². The van der Waals surface area contributed by atoms with Gasteiger partial charge in [0.25, 0.3) is 10.0 Å². The normalized spacial score (nSPS) is 12.9. The van der Waals surface area contributed by atoms with Crippen LogP contribution >= 0.6 is 0 Å². The molecule has 0 spiro atoms. The number of nitrogens with zero attached hydrogens (tertiary/aromatic N) is 2. The van der Waals surface area contributed by atoms with E-state index in [0.29, 0.717) is 15.9 Å². The third-order valence-corrected chi connectivity index (χ3v) is 7.79. The van der Waals surface area contributed by atoms with Crippen LogP contribution in [-0.2, 0) is 32.3 Å². The SMILES string of the molecule is C[C@@H](C(=O)NC(C)(C)C)N(Cc1ccc(F)cc1)C(=O)CN(c1cccc(C(F)(F)F)c1)S(=O)(=O)c1ccccc1. The molecule has 0 aliphatic carbocycles. The highest BCUT2D eigenvalue weighted by atomic mass is 32.2. The number of alkyl halides is 3. The lowest BCUT2D eigenvalue weighted by Gasteiger charge is -2.33. The number of benzene rings is 3.